The molecule has 1 amide bonds. The first-order chi connectivity index (χ1) is 8.77. The first-order valence-electron chi connectivity index (χ1n) is 6.52. The van der Waals surface area contributed by atoms with E-state index in [-0.39, 0.29) is 5.91 Å². The minimum atomic E-state index is -0.174. The van der Waals surface area contributed by atoms with E-state index in [2.05, 4.69) is 15.5 Å². The fourth-order valence-electron chi connectivity index (χ4n) is 2.32. The fraction of sp³-hybridized carbons (Fsp3) is 0.500. The van der Waals surface area contributed by atoms with Gasteiger partial charge in [0.15, 0.2) is 0 Å². The number of amides is 1. The summed E-state index contributed by atoms with van der Waals surface area (Å²) < 4.78 is 0. The number of aromatic nitrogens is 1. The van der Waals surface area contributed by atoms with E-state index in [1.165, 1.54) is 32.1 Å². The molecule has 0 spiro atoms. The van der Waals surface area contributed by atoms with Crippen LogP contribution in [0, 0.1) is 5.92 Å². The zero-order chi connectivity index (χ0) is 12.8. The van der Waals surface area contributed by atoms with Crippen LogP contribution in [-0.2, 0) is 0 Å². The van der Waals surface area contributed by atoms with Crippen molar-refractivity contribution in [1.82, 2.24) is 10.4 Å². The summed E-state index contributed by atoms with van der Waals surface area (Å²) in [5.74, 6) is 0.365. The Labute approximate surface area is 108 Å². The van der Waals surface area contributed by atoms with Gasteiger partial charge in [-0.25, -0.2) is 5.43 Å². The highest BCUT2D eigenvalue weighted by molar-refractivity contribution is 5.95. The average molecular weight is 245 g/mol. The molecule has 2 rings (SSSR count). The molecule has 0 saturated heterocycles. The van der Waals surface area contributed by atoms with Crippen LogP contribution in [0.2, 0.25) is 0 Å². The zero-order valence-corrected chi connectivity index (χ0v) is 10.7. The summed E-state index contributed by atoms with van der Waals surface area (Å²) in [7, 11) is 0. The molecule has 0 aliphatic heterocycles. The second-order valence-electron chi connectivity index (χ2n) is 4.76. The van der Waals surface area contributed by atoms with Crippen LogP contribution in [0.25, 0.3) is 0 Å². The second kappa shape index (κ2) is 6.28. The summed E-state index contributed by atoms with van der Waals surface area (Å²) in [6, 6.07) is 3.36. The van der Waals surface area contributed by atoms with E-state index in [9.17, 15) is 4.79 Å². The molecule has 1 heterocycles. The van der Waals surface area contributed by atoms with Gasteiger partial charge in [0.05, 0.1) is 0 Å². The maximum Gasteiger partial charge on any atom is 0.271 e. The van der Waals surface area contributed by atoms with Crippen molar-refractivity contribution in [1.29, 1.82) is 0 Å². The van der Waals surface area contributed by atoms with Gasteiger partial charge in [-0.1, -0.05) is 19.3 Å². The number of pyridine rings is 1. The summed E-state index contributed by atoms with van der Waals surface area (Å²) >= 11 is 0. The highest BCUT2D eigenvalue weighted by atomic mass is 16.2. The lowest BCUT2D eigenvalue weighted by Gasteiger charge is -2.21. The molecule has 1 aromatic rings. The van der Waals surface area contributed by atoms with Gasteiger partial charge in [-0.05, 0) is 37.8 Å². The molecule has 18 heavy (non-hydrogen) atoms. The minimum absolute atomic E-state index is 0.174. The molecule has 1 aliphatic carbocycles. The van der Waals surface area contributed by atoms with Gasteiger partial charge in [-0.2, -0.15) is 5.10 Å². The predicted octanol–water partition coefficient (Wildman–Crippen LogP) is 2.77. The Balaban J connectivity index is 1.91. The number of hydrazone groups is 1. The molecule has 4 nitrogen and oxygen atoms in total. The highest BCUT2D eigenvalue weighted by Gasteiger charge is 2.16. The molecule has 1 saturated carbocycles. The van der Waals surface area contributed by atoms with Crippen LogP contribution in [0.15, 0.2) is 29.6 Å². The molecule has 0 radical (unpaired) electrons. The van der Waals surface area contributed by atoms with Crippen LogP contribution in [0.3, 0.4) is 0 Å². The molecule has 1 N–H and O–H groups in total. The predicted molar refractivity (Wildman–Crippen MR) is 71.4 cm³/mol. The smallest absolute Gasteiger partial charge is 0.267 e. The van der Waals surface area contributed by atoms with Crippen LogP contribution in [0.5, 0.6) is 0 Å². The quantitative estimate of drug-likeness (QED) is 0.657. The van der Waals surface area contributed by atoms with Crippen molar-refractivity contribution in [3.63, 3.8) is 0 Å². The Morgan fingerprint density at radius 1 is 1.28 bits per heavy atom. The van der Waals surface area contributed by atoms with Gasteiger partial charge in [0, 0.05) is 23.7 Å². The Bertz CT molecular complexity index is 422. The molecule has 1 aromatic heterocycles. The van der Waals surface area contributed by atoms with Crippen LogP contribution in [-0.4, -0.2) is 16.6 Å². The number of nitrogens with one attached hydrogen (secondary N) is 1. The van der Waals surface area contributed by atoms with Crippen LogP contribution < -0.4 is 5.43 Å². The van der Waals surface area contributed by atoms with Gasteiger partial charge in [0.2, 0.25) is 0 Å². The molecule has 0 bridgehead atoms. The molecule has 0 unspecified atom stereocenters. The second-order valence-corrected chi connectivity index (χ2v) is 4.76. The maximum absolute atomic E-state index is 11.8. The van der Waals surface area contributed by atoms with Crippen molar-refractivity contribution in [2.24, 2.45) is 11.0 Å². The van der Waals surface area contributed by atoms with Gasteiger partial charge in [0.1, 0.15) is 0 Å². The van der Waals surface area contributed by atoms with Gasteiger partial charge >= 0.3 is 0 Å². The SMILES string of the molecule is CC(=NNC(=O)c1ccncc1)C1CCCCC1. The summed E-state index contributed by atoms with van der Waals surface area (Å²) in [4.78, 5) is 15.7. The molecule has 0 atom stereocenters. The number of rotatable bonds is 3. The lowest BCUT2D eigenvalue weighted by Crippen LogP contribution is -2.23. The molecule has 0 aromatic carbocycles. The van der Waals surface area contributed by atoms with E-state index in [1.807, 2.05) is 6.92 Å². The van der Waals surface area contributed by atoms with E-state index in [0.29, 0.717) is 11.5 Å². The number of hydrogen-bond donors (Lipinski definition) is 1. The average Bonchev–Trinajstić information content (AvgIpc) is 2.46. The van der Waals surface area contributed by atoms with Crippen LogP contribution in [0.1, 0.15) is 49.4 Å². The first kappa shape index (κ1) is 12.7. The topological polar surface area (TPSA) is 54.4 Å². The van der Waals surface area contributed by atoms with Crippen LogP contribution in [0.4, 0.5) is 0 Å². The third-order valence-corrected chi connectivity index (χ3v) is 3.47. The maximum atomic E-state index is 11.8. The fourth-order valence-corrected chi connectivity index (χ4v) is 2.32. The zero-order valence-electron chi connectivity index (χ0n) is 10.7. The van der Waals surface area contributed by atoms with E-state index in [4.69, 9.17) is 0 Å². The summed E-state index contributed by atoms with van der Waals surface area (Å²) in [6.45, 7) is 2.00. The number of nitrogens with zero attached hydrogens (tertiary/aromatic N) is 2. The Hall–Kier alpha value is -1.71. The molecule has 4 heteroatoms. The Kier molecular flexibility index (Phi) is 4.45. The summed E-state index contributed by atoms with van der Waals surface area (Å²) in [5, 5.41) is 4.22. The number of hydrogen-bond acceptors (Lipinski definition) is 3. The molecule has 96 valence electrons. The van der Waals surface area contributed by atoms with Crippen molar-refractivity contribution in [3.8, 4) is 0 Å². The van der Waals surface area contributed by atoms with Gasteiger partial charge < -0.3 is 0 Å². The number of carbonyl (C=O) groups excluding carboxylic acids is 1. The first-order valence-corrected chi connectivity index (χ1v) is 6.52. The molecule has 1 fully saturated rings. The van der Waals surface area contributed by atoms with Crippen molar-refractivity contribution in [2.45, 2.75) is 39.0 Å². The van der Waals surface area contributed by atoms with E-state index >= 15 is 0 Å². The monoisotopic (exact) mass is 245 g/mol. The molecule has 1 aliphatic rings. The Morgan fingerprint density at radius 2 is 1.94 bits per heavy atom. The minimum Gasteiger partial charge on any atom is -0.267 e. The third-order valence-electron chi connectivity index (χ3n) is 3.47. The Morgan fingerprint density at radius 3 is 2.61 bits per heavy atom. The van der Waals surface area contributed by atoms with Gasteiger partial charge in [-0.3, -0.25) is 9.78 Å². The van der Waals surface area contributed by atoms with Crippen molar-refractivity contribution in [3.05, 3.63) is 30.1 Å². The lowest BCUT2D eigenvalue weighted by molar-refractivity contribution is 0.0954. The van der Waals surface area contributed by atoms with Gasteiger partial charge in [-0.15, -0.1) is 0 Å². The van der Waals surface area contributed by atoms with Crippen molar-refractivity contribution >= 4 is 11.6 Å². The van der Waals surface area contributed by atoms with Crippen molar-refractivity contribution in [2.75, 3.05) is 0 Å². The standard InChI is InChI=1S/C14H19N3O/c1-11(12-5-3-2-4-6-12)16-17-14(18)13-7-9-15-10-8-13/h7-10,12H,2-6H2,1H3,(H,17,18). The van der Waals surface area contributed by atoms with E-state index in [0.717, 1.165) is 5.71 Å². The van der Waals surface area contributed by atoms with E-state index in [1.54, 1.807) is 24.5 Å². The van der Waals surface area contributed by atoms with E-state index < -0.39 is 0 Å². The van der Waals surface area contributed by atoms with Crippen LogP contribution >= 0.6 is 0 Å². The highest BCUT2D eigenvalue weighted by Crippen LogP contribution is 2.24. The normalized spacial score (nSPS) is 17.5. The largest absolute Gasteiger partial charge is 0.271 e. The summed E-state index contributed by atoms with van der Waals surface area (Å²) in [5.41, 5.74) is 4.24. The summed E-state index contributed by atoms with van der Waals surface area (Å²) in [6.07, 6.45) is 9.47. The van der Waals surface area contributed by atoms with Gasteiger partial charge in [0.25, 0.3) is 5.91 Å². The molecular weight excluding hydrogens is 226 g/mol. The third kappa shape index (κ3) is 3.39. The molecular formula is C14H19N3O. The number of carbonyl (C=O) groups is 1. The van der Waals surface area contributed by atoms with Crippen molar-refractivity contribution < 1.29 is 4.79 Å². The lowest BCUT2D eigenvalue weighted by atomic mass is 9.86.